The zero-order valence-electron chi connectivity index (χ0n) is 10.5. The number of pyridine rings is 1. The van der Waals surface area contributed by atoms with Crippen molar-refractivity contribution in [1.82, 2.24) is 9.88 Å². The molecule has 3 rings (SSSR count). The number of aromatic nitrogens is 1. The van der Waals surface area contributed by atoms with E-state index in [9.17, 15) is 14.4 Å². The molecule has 0 spiro atoms. The summed E-state index contributed by atoms with van der Waals surface area (Å²) in [5, 5.41) is 0. The van der Waals surface area contributed by atoms with Crippen LogP contribution in [0.3, 0.4) is 0 Å². The lowest BCUT2D eigenvalue weighted by Crippen LogP contribution is -2.50. The molecule has 0 aromatic carbocycles. The third-order valence-electron chi connectivity index (χ3n) is 3.84. The highest BCUT2D eigenvalue weighted by Crippen LogP contribution is 2.24. The van der Waals surface area contributed by atoms with Gasteiger partial charge in [0.05, 0.1) is 18.0 Å². The van der Waals surface area contributed by atoms with Crippen LogP contribution in [0.1, 0.15) is 35.2 Å². The first kappa shape index (κ1) is 12.0. The molecule has 0 saturated heterocycles. The van der Waals surface area contributed by atoms with Gasteiger partial charge in [0.25, 0.3) is 5.91 Å². The second-order valence-electron chi connectivity index (χ2n) is 5.02. The molecule has 5 nitrogen and oxygen atoms in total. The first-order valence-electron chi connectivity index (χ1n) is 6.45. The van der Waals surface area contributed by atoms with Crippen LogP contribution in [-0.4, -0.2) is 39.9 Å². The van der Waals surface area contributed by atoms with Crippen molar-refractivity contribution in [3.05, 3.63) is 29.6 Å². The molecule has 0 radical (unpaired) electrons. The number of Topliss-reactive ketones (excluding diaryl/α,β-unsaturated/α-hetero) is 2. The van der Waals surface area contributed by atoms with Crippen molar-refractivity contribution < 1.29 is 14.4 Å². The van der Waals surface area contributed by atoms with Gasteiger partial charge in [-0.2, -0.15) is 0 Å². The molecule has 98 valence electrons. The summed E-state index contributed by atoms with van der Waals surface area (Å²) in [7, 11) is 0. The van der Waals surface area contributed by atoms with Crippen LogP contribution < -0.4 is 0 Å². The van der Waals surface area contributed by atoms with E-state index in [4.69, 9.17) is 0 Å². The van der Waals surface area contributed by atoms with Crippen molar-refractivity contribution in [1.29, 1.82) is 0 Å². The van der Waals surface area contributed by atoms with Crippen molar-refractivity contribution in [3.8, 4) is 0 Å². The van der Waals surface area contributed by atoms with E-state index in [1.165, 1.54) is 0 Å². The van der Waals surface area contributed by atoms with Crippen LogP contribution in [-0.2, 0) is 16.0 Å². The number of hydrogen-bond donors (Lipinski definition) is 0. The van der Waals surface area contributed by atoms with E-state index >= 15 is 0 Å². The zero-order valence-corrected chi connectivity index (χ0v) is 10.5. The summed E-state index contributed by atoms with van der Waals surface area (Å²) in [6.07, 6.45) is 4.78. The van der Waals surface area contributed by atoms with Crippen LogP contribution in [0.4, 0.5) is 0 Å². The predicted octanol–water partition coefficient (Wildman–Crippen LogP) is 0.771. The van der Waals surface area contributed by atoms with Crippen LogP contribution in [0.15, 0.2) is 18.5 Å². The Balaban J connectivity index is 1.86. The molecule has 0 N–H and O–H groups in total. The van der Waals surface area contributed by atoms with Crippen LogP contribution >= 0.6 is 0 Å². The van der Waals surface area contributed by atoms with Crippen LogP contribution in [0.5, 0.6) is 0 Å². The third kappa shape index (κ3) is 2.05. The minimum atomic E-state index is -0.432. The number of carbonyl (C=O) groups excluding carboxylic acids is 3. The molecular weight excluding hydrogens is 244 g/mol. The average Bonchev–Trinajstić information content (AvgIpc) is 2.41. The van der Waals surface area contributed by atoms with Gasteiger partial charge >= 0.3 is 0 Å². The molecule has 1 aromatic rings. The highest BCUT2D eigenvalue weighted by molar-refractivity contribution is 6.06. The molecule has 1 amide bonds. The fourth-order valence-electron chi connectivity index (χ4n) is 2.82. The third-order valence-corrected chi connectivity index (χ3v) is 3.84. The lowest BCUT2D eigenvalue weighted by Gasteiger charge is -2.35. The molecule has 1 unspecified atom stereocenters. The summed E-state index contributed by atoms with van der Waals surface area (Å²) in [4.78, 5) is 41.2. The summed E-state index contributed by atoms with van der Waals surface area (Å²) < 4.78 is 0. The van der Waals surface area contributed by atoms with Gasteiger partial charge in [0, 0.05) is 25.4 Å². The van der Waals surface area contributed by atoms with Gasteiger partial charge in [0.15, 0.2) is 5.78 Å². The molecule has 1 aliphatic heterocycles. The smallest absolute Gasteiger partial charge is 0.256 e. The Bertz CT molecular complexity index is 568. The summed E-state index contributed by atoms with van der Waals surface area (Å²) in [5.41, 5.74) is 1.56. The van der Waals surface area contributed by atoms with E-state index in [1.807, 2.05) is 6.07 Å². The topological polar surface area (TPSA) is 67.3 Å². The van der Waals surface area contributed by atoms with E-state index in [0.717, 1.165) is 12.0 Å². The van der Waals surface area contributed by atoms with Crippen molar-refractivity contribution in [2.75, 3.05) is 6.54 Å². The molecule has 2 aliphatic rings. The average molecular weight is 258 g/mol. The van der Waals surface area contributed by atoms with Gasteiger partial charge in [0.1, 0.15) is 5.78 Å². The van der Waals surface area contributed by atoms with Gasteiger partial charge in [-0.25, -0.2) is 0 Å². The second-order valence-corrected chi connectivity index (χ2v) is 5.02. The Kier molecular flexibility index (Phi) is 2.89. The normalized spacial score (nSPS) is 23.5. The fourth-order valence-corrected chi connectivity index (χ4v) is 2.82. The number of amides is 1. The van der Waals surface area contributed by atoms with Gasteiger partial charge in [-0.05, 0) is 24.5 Å². The molecule has 19 heavy (non-hydrogen) atoms. The lowest BCUT2D eigenvalue weighted by atomic mass is 9.89. The summed E-state index contributed by atoms with van der Waals surface area (Å²) in [5.74, 6) is -0.285. The Morgan fingerprint density at radius 1 is 1.21 bits per heavy atom. The number of fused-ring (bicyclic) bond motifs is 1. The molecule has 1 saturated carbocycles. The highest BCUT2D eigenvalue weighted by Gasteiger charge is 2.36. The first-order chi connectivity index (χ1) is 9.16. The van der Waals surface area contributed by atoms with Gasteiger partial charge in [-0.1, -0.05) is 0 Å². The van der Waals surface area contributed by atoms with Crippen LogP contribution in [0, 0.1) is 0 Å². The maximum absolute atomic E-state index is 12.4. The Morgan fingerprint density at radius 3 is 2.84 bits per heavy atom. The number of carbonyl (C=O) groups is 3. The van der Waals surface area contributed by atoms with Crippen LogP contribution in [0.25, 0.3) is 0 Å². The Hall–Kier alpha value is -2.04. The molecule has 1 aliphatic carbocycles. The molecule has 1 atom stereocenters. The highest BCUT2D eigenvalue weighted by atomic mass is 16.2. The zero-order chi connectivity index (χ0) is 13.4. The van der Waals surface area contributed by atoms with E-state index in [2.05, 4.69) is 4.98 Å². The number of rotatable bonds is 1. The number of nitrogens with zero attached hydrogens (tertiary/aromatic N) is 2. The minimum absolute atomic E-state index is 0.0206. The minimum Gasteiger partial charge on any atom is -0.328 e. The number of ketones is 2. The molecule has 5 heteroatoms. The quantitative estimate of drug-likeness (QED) is 0.698. The second kappa shape index (κ2) is 4.57. The summed E-state index contributed by atoms with van der Waals surface area (Å²) in [6, 6.07) is 1.41. The molecule has 1 aromatic heterocycles. The molecule has 0 bridgehead atoms. The monoisotopic (exact) mass is 258 g/mol. The Morgan fingerprint density at radius 2 is 2.05 bits per heavy atom. The SMILES string of the molecule is O=C1CCC(N2CCc3ccncc3C2=O)C(=O)C1. The lowest BCUT2D eigenvalue weighted by molar-refractivity contribution is -0.133. The van der Waals surface area contributed by atoms with Crippen molar-refractivity contribution in [2.24, 2.45) is 0 Å². The van der Waals surface area contributed by atoms with Crippen molar-refractivity contribution in [2.45, 2.75) is 31.7 Å². The van der Waals surface area contributed by atoms with Crippen molar-refractivity contribution in [3.63, 3.8) is 0 Å². The maximum atomic E-state index is 12.4. The van der Waals surface area contributed by atoms with Gasteiger partial charge in [0.2, 0.25) is 0 Å². The van der Waals surface area contributed by atoms with Gasteiger partial charge in [-0.15, -0.1) is 0 Å². The molecule has 1 fully saturated rings. The fraction of sp³-hybridized carbons (Fsp3) is 0.429. The standard InChI is InChI=1S/C14H14N2O3/c17-10-1-2-12(13(18)7-10)16-6-4-9-3-5-15-8-11(9)14(16)19/h3,5,8,12H,1-2,4,6-7H2. The predicted molar refractivity (Wildman–Crippen MR) is 66.6 cm³/mol. The van der Waals surface area contributed by atoms with E-state index < -0.39 is 6.04 Å². The van der Waals surface area contributed by atoms with E-state index in [1.54, 1.807) is 17.3 Å². The molecule has 2 heterocycles. The Labute approximate surface area is 110 Å². The van der Waals surface area contributed by atoms with Crippen LogP contribution in [0.2, 0.25) is 0 Å². The van der Waals surface area contributed by atoms with Gasteiger partial charge < -0.3 is 4.90 Å². The summed E-state index contributed by atoms with van der Waals surface area (Å²) >= 11 is 0. The molecular formula is C14H14N2O3. The maximum Gasteiger partial charge on any atom is 0.256 e. The van der Waals surface area contributed by atoms with Crippen molar-refractivity contribution >= 4 is 17.5 Å². The number of hydrogen-bond acceptors (Lipinski definition) is 4. The summed E-state index contributed by atoms with van der Waals surface area (Å²) in [6.45, 7) is 0.542. The van der Waals surface area contributed by atoms with Gasteiger partial charge in [-0.3, -0.25) is 19.4 Å². The largest absolute Gasteiger partial charge is 0.328 e. The first-order valence-corrected chi connectivity index (χ1v) is 6.45. The van der Waals surface area contributed by atoms with E-state index in [-0.39, 0.29) is 23.9 Å². The van der Waals surface area contributed by atoms with E-state index in [0.29, 0.717) is 24.9 Å².